The van der Waals surface area contributed by atoms with Gasteiger partial charge in [0.05, 0.1) is 47.0 Å². The van der Waals surface area contributed by atoms with Crippen molar-refractivity contribution in [3.63, 3.8) is 0 Å². The summed E-state index contributed by atoms with van der Waals surface area (Å²) in [5.74, 6) is -2.81. The molecule has 11 heteroatoms. The molecular formula is C29H25N3O8. The summed E-state index contributed by atoms with van der Waals surface area (Å²) in [6.07, 6.45) is 0. The molecule has 1 fully saturated rings. The van der Waals surface area contributed by atoms with Gasteiger partial charge in [0.25, 0.3) is 5.78 Å². The lowest BCUT2D eigenvalue weighted by molar-refractivity contribution is -0.132. The van der Waals surface area contributed by atoms with Crippen LogP contribution in [0.4, 0.5) is 5.95 Å². The highest BCUT2D eigenvalue weighted by atomic mass is 16.5. The number of ether oxygens (including phenoxy) is 2. The number of carboxylic acid groups (broad SMARTS) is 1. The van der Waals surface area contributed by atoms with Gasteiger partial charge in [-0.05, 0) is 61.9 Å². The van der Waals surface area contributed by atoms with E-state index in [1.165, 1.54) is 42.5 Å². The number of phenolic OH excluding ortho intramolecular Hbond substituents is 1. The number of ketones is 1. The van der Waals surface area contributed by atoms with Gasteiger partial charge in [-0.25, -0.2) is 9.78 Å². The minimum absolute atomic E-state index is 0.0128. The van der Waals surface area contributed by atoms with E-state index in [1.54, 1.807) is 25.1 Å². The SMILES string of the molecule is CCOc1ccc(/C(O)=C2\C(=O)C(=O)N(c3nc4ccc(C(=O)O)cc4[nH]3)C2c2ccc(O)cc2)c(OCC)c1. The quantitative estimate of drug-likeness (QED) is 0.143. The Hall–Kier alpha value is -5.32. The molecule has 4 aromatic rings. The molecule has 5 rings (SSSR count). The summed E-state index contributed by atoms with van der Waals surface area (Å²) < 4.78 is 11.3. The number of carbonyl (C=O) groups is 3. The van der Waals surface area contributed by atoms with Gasteiger partial charge in [-0.15, -0.1) is 0 Å². The maximum atomic E-state index is 13.5. The van der Waals surface area contributed by atoms with Crippen LogP contribution in [-0.4, -0.2) is 56.2 Å². The van der Waals surface area contributed by atoms with Crippen LogP contribution in [0.5, 0.6) is 17.2 Å². The van der Waals surface area contributed by atoms with Crippen molar-refractivity contribution in [2.24, 2.45) is 0 Å². The summed E-state index contributed by atoms with van der Waals surface area (Å²) >= 11 is 0. The second kappa shape index (κ2) is 10.4. The lowest BCUT2D eigenvalue weighted by Gasteiger charge is -2.23. The topological polar surface area (TPSA) is 162 Å². The van der Waals surface area contributed by atoms with Gasteiger partial charge in [-0.2, -0.15) is 0 Å². The second-order valence-electron chi connectivity index (χ2n) is 8.88. The first-order chi connectivity index (χ1) is 19.2. The lowest BCUT2D eigenvalue weighted by atomic mass is 9.95. The molecule has 1 aliphatic heterocycles. The smallest absolute Gasteiger partial charge is 0.335 e. The van der Waals surface area contributed by atoms with Crippen LogP contribution < -0.4 is 14.4 Å². The van der Waals surface area contributed by atoms with Crippen molar-refractivity contribution < 1.29 is 39.2 Å². The molecule has 2 heterocycles. The summed E-state index contributed by atoms with van der Waals surface area (Å²) in [5.41, 5.74) is 1.10. The van der Waals surface area contributed by atoms with E-state index < -0.39 is 29.5 Å². The van der Waals surface area contributed by atoms with Crippen LogP contribution >= 0.6 is 0 Å². The summed E-state index contributed by atoms with van der Waals surface area (Å²) in [6, 6.07) is 13.7. The molecule has 1 aromatic heterocycles. The number of amides is 1. The fourth-order valence-electron chi connectivity index (χ4n) is 4.64. The zero-order valence-electron chi connectivity index (χ0n) is 21.5. The normalized spacial score (nSPS) is 16.4. The maximum Gasteiger partial charge on any atom is 0.335 e. The molecule has 0 saturated carbocycles. The highest BCUT2D eigenvalue weighted by Crippen LogP contribution is 2.43. The van der Waals surface area contributed by atoms with Crippen molar-refractivity contribution in [2.45, 2.75) is 19.9 Å². The maximum absolute atomic E-state index is 13.5. The Bertz CT molecular complexity index is 1670. The van der Waals surface area contributed by atoms with Crippen LogP contribution in [0.2, 0.25) is 0 Å². The summed E-state index contributed by atoms with van der Waals surface area (Å²) in [7, 11) is 0. The molecule has 0 spiro atoms. The van der Waals surface area contributed by atoms with Gasteiger partial charge in [-0.1, -0.05) is 12.1 Å². The number of anilines is 1. The number of carbonyl (C=O) groups excluding carboxylic acids is 2. The Morgan fingerprint density at radius 2 is 1.70 bits per heavy atom. The van der Waals surface area contributed by atoms with Crippen LogP contribution in [0.1, 0.15) is 41.4 Å². The molecule has 204 valence electrons. The first-order valence-electron chi connectivity index (χ1n) is 12.5. The highest BCUT2D eigenvalue weighted by molar-refractivity contribution is 6.51. The third-order valence-corrected chi connectivity index (χ3v) is 6.42. The van der Waals surface area contributed by atoms with Crippen molar-refractivity contribution in [2.75, 3.05) is 18.1 Å². The van der Waals surface area contributed by atoms with Crippen molar-refractivity contribution in [1.82, 2.24) is 9.97 Å². The lowest BCUT2D eigenvalue weighted by Crippen LogP contribution is -2.30. The molecule has 1 unspecified atom stereocenters. The monoisotopic (exact) mass is 543 g/mol. The number of phenols is 1. The molecule has 4 N–H and O–H groups in total. The molecule has 1 aliphatic rings. The molecule has 1 amide bonds. The fourth-order valence-corrected chi connectivity index (χ4v) is 4.64. The number of hydrogen-bond acceptors (Lipinski definition) is 8. The van der Waals surface area contributed by atoms with E-state index in [1.807, 2.05) is 6.92 Å². The van der Waals surface area contributed by atoms with Gasteiger partial charge in [0.15, 0.2) is 0 Å². The van der Waals surface area contributed by atoms with Gasteiger partial charge >= 0.3 is 11.9 Å². The number of Topliss-reactive ketones (excluding diaryl/α,β-unsaturated/α-hetero) is 1. The number of fused-ring (bicyclic) bond motifs is 1. The Morgan fingerprint density at radius 1 is 0.975 bits per heavy atom. The van der Waals surface area contributed by atoms with Crippen LogP contribution in [0.25, 0.3) is 16.8 Å². The number of imidazole rings is 1. The molecule has 1 atom stereocenters. The van der Waals surface area contributed by atoms with Gasteiger partial charge in [0, 0.05) is 6.07 Å². The van der Waals surface area contributed by atoms with Crippen LogP contribution in [0, 0.1) is 0 Å². The van der Waals surface area contributed by atoms with Crippen molar-refractivity contribution >= 4 is 40.4 Å². The van der Waals surface area contributed by atoms with E-state index >= 15 is 0 Å². The van der Waals surface area contributed by atoms with E-state index in [0.717, 1.165) is 4.90 Å². The van der Waals surface area contributed by atoms with Gasteiger partial charge < -0.3 is 29.8 Å². The molecule has 0 aliphatic carbocycles. The number of hydrogen-bond donors (Lipinski definition) is 4. The fraction of sp³-hybridized carbons (Fsp3) is 0.172. The largest absolute Gasteiger partial charge is 0.508 e. The average Bonchev–Trinajstić information content (AvgIpc) is 3.47. The van der Waals surface area contributed by atoms with E-state index in [9.17, 15) is 29.7 Å². The number of aromatic hydroxyl groups is 1. The minimum Gasteiger partial charge on any atom is -0.508 e. The molecule has 11 nitrogen and oxygen atoms in total. The molecule has 40 heavy (non-hydrogen) atoms. The number of benzene rings is 3. The number of nitrogens with zero attached hydrogens (tertiary/aromatic N) is 2. The number of aliphatic hydroxyl groups excluding tert-OH is 1. The van der Waals surface area contributed by atoms with Crippen LogP contribution in [0.15, 0.2) is 66.2 Å². The van der Waals surface area contributed by atoms with E-state index in [4.69, 9.17) is 9.47 Å². The van der Waals surface area contributed by atoms with Crippen molar-refractivity contribution in [1.29, 1.82) is 0 Å². The summed E-state index contributed by atoms with van der Waals surface area (Å²) in [6.45, 7) is 4.27. The zero-order chi connectivity index (χ0) is 28.6. The molecule has 3 aromatic carbocycles. The van der Waals surface area contributed by atoms with Gasteiger partial charge in [0.1, 0.15) is 23.0 Å². The Morgan fingerprint density at radius 3 is 2.38 bits per heavy atom. The Kier molecular flexibility index (Phi) is 6.87. The third kappa shape index (κ3) is 4.57. The standard InChI is InChI=1S/C29H25N3O8/c1-3-39-18-10-11-19(22(14-18)40-4-2)25(34)23-24(15-5-8-17(33)9-6-15)32(27(36)26(23)35)29-30-20-12-7-16(28(37)38)13-21(20)31-29/h5-14,24,33-34H,3-4H2,1-2H3,(H,30,31)(H,37,38)/b25-23+. The zero-order valence-corrected chi connectivity index (χ0v) is 21.5. The average molecular weight is 544 g/mol. The third-order valence-electron chi connectivity index (χ3n) is 6.42. The number of nitrogens with one attached hydrogen (secondary N) is 1. The van der Waals surface area contributed by atoms with Crippen molar-refractivity contribution in [3.8, 4) is 17.2 Å². The number of H-pyrrole nitrogens is 1. The summed E-state index contributed by atoms with van der Waals surface area (Å²) in [4.78, 5) is 46.9. The second-order valence-corrected chi connectivity index (χ2v) is 8.88. The first-order valence-corrected chi connectivity index (χ1v) is 12.5. The first kappa shape index (κ1) is 26.3. The predicted molar refractivity (Wildman–Crippen MR) is 145 cm³/mol. The number of aromatic amines is 1. The number of aromatic carboxylic acids is 1. The number of rotatable bonds is 8. The summed E-state index contributed by atoms with van der Waals surface area (Å²) in [5, 5.41) is 30.8. The molecular weight excluding hydrogens is 518 g/mol. The number of aromatic nitrogens is 2. The Balaban J connectivity index is 1.71. The Labute approximate surface area is 227 Å². The van der Waals surface area contributed by atoms with Crippen molar-refractivity contribution in [3.05, 3.63) is 82.9 Å². The van der Waals surface area contributed by atoms with Gasteiger partial charge in [-0.3, -0.25) is 14.5 Å². The van der Waals surface area contributed by atoms with E-state index in [2.05, 4.69) is 9.97 Å². The van der Waals surface area contributed by atoms with E-state index in [-0.39, 0.29) is 40.8 Å². The van der Waals surface area contributed by atoms with Gasteiger partial charge in [0.2, 0.25) is 5.95 Å². The van der Waals surface area contributed by atoms with Crippen LogP contribution in [-0.2, 0) is 9.59 Å². The van der Waals surface area contributed by atoms with Crippen LogP contribution in [0.3, 0.4) is 0 Å². The van der Waals surface area contributed by atoms with E-state index in [0.29, 0.717) is 29.0 Å². The molecule has 0 bridgehead atoms. The molecule has 1 saturated heterocycles. The number of carboxylic acids is 1. The highest BCUT2D eigenvalue weighted by Gasteiger charge is 2.48. The number of aliphatic hydroxyl groups is 1. The minimum atomic E-state index is -1.14. The molecule has 0 radical (unpaired) electrons. The predicted octanol–water partition coefficient (Wildman–Crippen LogP) is 4.39.